The molecular formula is C14H29N3O2. The summed E-state index contributed by atoms with van der Waals surface area (Å²) in [6, 6.07) is 0.655. The highest BCUT2D eigenvalue weighted by atomic mass is 16.4. The third kappa shape index (κ3) is 4.75. The third-order valence-corrected chi connectivity index (χ3v) is 4.52. The van der Waals surface area contributed by atoms with Crippen molar-refractivity contribution < 1.29 is 9.90 Å². The predicted molar refractivity (Wildman–Crippen MR) is 77.5 cm³/mol. The van der Waals surface area contributed by atoms with Crippen molar-refractivity contribution in [1.82, 2.24) is 15.1 Å². The summed E-state index contributed by atoms with van der Waals surface area (Å²) in [6.45, 7) is 5.06. The number of nitrogens with one attached hydrogen (secondary N) is 1. The van der Waals surface area contributed by atoms with Gasteiger partial charge in [-0.3, -0.25) is 4.79 Å². The Morgan fingerprint density at radius 1 is 1.47 bits per heavy atom. The fraction of sp³-hybridized carbons (Fsp3) is 0.929. The van der Waals surface area contributed by atoms with Crippen LogP contribution < -0.4 is 5.32 Å². The molecule has 1 aliphatic rings. The number of likely N-dealkylation sites (tertiary alicyclic amines) is 1. The zero-order chi connectivity index (χ0) is 14.5. The van der Waals surface area contributed by atoms with E-state index < -0.39 is 11.5 Å². The van der Waals surface area contributed by atoms with Crippen LogP contribution in [0.25, 0.3) is 0 Å². The molecule has 5 nitrogen and oxygen atoms in total. The number of rotatable bonds is 7. The molecule has 1 rings (SSSR count). The first kappa shape index (κ1) is 16.4. The zero-order valence-corrected chi connectivity index (χ0v) is 12.8. The Kier molecular flexibility index (Phi) is 6.23. The second-order valence-corrected chi connectivity index (χ2v) is 6.01. The van der Waals surface area contributed by atoms with Crippen molar-refractivity contribution in [3.63, 3.8) is 0 Å². The minimum Gasteiger partial charge on any atom is -0.480 e. The summed E-state index contributed by atoms with van der Waals surface area (Å²) >= 11 is 0. The van der Waals surface area contributed by atoms with E-state index in [4.69, 9.17) is 0 Å². The van der Waals surface area contributed by atoms with Gasteiger partial charge in [0.05, 0.1) is 0 Å². The van der Waals surface area contributed by atoms with Crippen molar-refractivity contribution in [3.05, 3.63) is 0 Å². The Hall–Kier alpha value is -0.650. The SMILES string of the molecule is CNC(C)(CCCN(C)C1CCN(C)CC1)C(=O)O. The maximum absolute atomic E-state index is 11.2. The summed E-state index contributed by atoms with van der Waals surface area (Å²) < 4.78 is 0. The number of hydrogen-bond donors (Lipinski definition) is 2. The van der Waals surface area contributed by atoms with Gasteiger partial charge in [-0.2, -0.15) is 0 Å². The van der Waals surface area contributed by atoms with Crippen LogP contribution in [0.3, 0.4) is 0 Å². The van der Waals surface area contributed by atoms with Crippen molar-refractivity contribution in [1.29, 1.82) is 0 Å². The summed E-state index contributed by atoms with van der Waals surface area (Å²) in [7, 11) is 6.05. The van der Waals surface area contributed by atoms with E-state index in [-0.39, 0.29) is 0 Å². The number of piperidine rings is 1. The summed E-state index contributed by atoms with van der Waals surface area (Å²) in [5.74, 6) is -0.767. The number of likely N-dealkylation sites (N-methyl/N-ethyl adjacent to an activating group) is 1. The molecule has 0 amide bonds. The van der Waals surface area contributed by atoms with E-state index >= 15 is 0 Å². The lowest BCUT2D eigenvalue weighted by Gasteiger charge is -2.35. The van der Waals surface area contributed by atoms with E-state index in [0.717, 1.165) is 13.0 Å². The first-order valence-corrected chi connectivity index (χ1v) is 7.20. The van der Waals surface area contributed by atoms with Gasteiger partial charge in [0.25, 0.3) is 0 Å². The number of carboxylic acids is 1. The standard InChI is InChI=1S/C14H29N3O2/c1-14(15-2,13(18)19)8-5-9-17(4)12-6-10-16(3)11-7-12/h12,15H,5-11H2,1-4H3,(H,18,19). The molecule has 1 heterocycles. The molecule has 1 atom stereocenters. The highest BCUT2D eigenvalue weighted by Gasteiger charge is 2.30. The molecule has 112 valence electrons. The minimum absolute atomic E-state index is 0.655. The average molecular weight is 271 g/mol. The van der Waals surface area contributed by atoms with E-state index in [2.05, 4.69) is 29.2 Å². The molecule has 1 saturated heterocycles. The molecule has 0 aromatic carbocycles. The first-order chi connectivity index (χ1) is 8.89. The van der Waals surface area contributed by atoms with Gasteiger partial charge in [-0.05, 0) is 73.4 Å². The van der Waals surface area contributed by atoms with Gasteiger partial charge in [0.2, 0.25) is 0 Å². The molecule has 0 radical (unpaired) electrons. The van der Waals surface area contributed by atoms with Crippen LogP contribution in [0.4, 0.5) is 0 Å². The average Bonchev–Trinajstić information content (AvgIpc) is 2.38. The molecular weight excluding hydrogens is 242 g/mol. The van der Waals surface area contributed by atoms with Crippen LogP contribution in [-0.2, 0) is 4.79 Å². The van der Waals surface area contributed by atoms with Gasteiger partial charge in [-0.15, -0.1) is 0 Å². The molecule has 19 heavy (non-hydrogen) atoms. The fourth-order valence-corrected chi connectivity index (χ4v) is 2.64. The molecule has 2 N–H and O–H groups in total. The predicted octanol–water partition coefficient (Wildman–Crippen LogP) is 0.855. The molecule has 0 bridgehead atoms. The lowest BCUT2D eigenvalue weighted by Crippen LogP contribution is -2.48. The molecule has 0 aromatic rings. The number of hydrogen-bond acceptors (Lipinski definition) is 4. The van der Waals surface area contributed by atoms with Crippen LogP contribution in [0.1, 0.15) is 32.6 Å². The Balaban J connectivity index is 2.30. The van der Waals surface area contributed by atoms with Gasteiger partial charge in [-0.1, -0.05) is 0 Å². The second-order valence-electron chi connectivity index (χ2n) is 6.01. The zero-order valence-electron chi connectivity index (χ0n) is 12.8. The Morgan fingerprint density at radius 2 is 2.05 bits per heavy atom. The number of aliphatic carboxylic acids is 1. The Bertz CT molecular complexity index is 290. The summed E-state index contributed by atoms with van der Waals surface area (Å²) in [4.78, 5) is 15.9. The lowest BCUT2D eigenvalue weighted by atomic mass is 9.95. The molecule has 5 heteroatoms. The normalized spacial score (nSPS) is 21.5. The summed E-state index contributed by atoms with van der Waals surface area (Å²) in [5.41, 5.74) is -0.798. The van der Waals surface area contributed by atoms with Gasteiger partial charge >= 0.3 is 5.97 Å². The van der Waals surface area contributed by atoms with E-state index in [1.54, 1.807) is 14.0 Å². The highest BCUT2D eigenvalue weighted by molar-refractivity contribution is 5.78. The highest BCUT2D eigenvalue weighted by Crippen LogP contribution is 2.17. The third-order valence-electron chi connectivity index (χ3n) is 4.52. The van der Waals surface area contributed by atoms with E-state index in [1.165, 1.54) is 25.9 Å². The maximum Gasteiger partial charge on any atom is 0.323 e. The quantitative estimate of drug-likeness (QED) is 0.719. The van der Waals surface area contributed by atoms with Crippen LogP contribution in [0.5, 0.6) is 0 Å². The molecule has 0 aromatic heterocycles. The molecule has 1 aliphatic heterocycles. The van der Waals surface area contributed by atoms with Gasteiger partial charge in [-0.25, -0.2) is 0 Å². The van der Waals surface area contributed by atoms with Crippen LogP contribution >= 0.6 is 0 Å². The maximum atomic E-state index is 11.2. The monoisotopic (exact) mass is 271 g/mol. The number of nitrogens with zero attached hydrogens (tertiary/aromatic N) is 2. The van der Waals surface area contributed by atoms with Crippen LogP contribution in [0.2, 0.25) is 0 Å². The Labute approximate surface area is 117 Å². The van der Waals surface area contributed by atoms with Gasteiger partial charge in [0.1, 0.15) is 5.54 Å². The van der Waals surface area contributed by atoms with Crippen LogP contribution in [0, 0.1) is 0 Å². The van der Waals surface area contributed by atoms with Crippen molar-refractivity contribution in [2.45, 2.75) is 44.2 Å². The first-order valence-electron chi connectivity index (χ1n) is 7.20. The number of carboxylic acid groups (broad SMARTS) is 1. The Morgan fingerprint density at radius 3 is 2.53 bits per heavy atom. The van der Waals surface area contributed by atoms with Gasteiger partial charge in [0, 0.05) is 6.04 Å². The molecule has 0 saturated carbocycles. The lowest BCUT2D eigenvalue weighted by molar-refractivity contribution is -0.144. The topological polar surface area (TPSA) is 55.8 Å². The second kappa shape index (κ2) is 7.22. The molecule has 0 spiro atoms. The van der Waals surface area contributed by atoms with Gasteiger partial charge in [0.15, 0.2) is 0 Å². The van der Waals surface area contributed by atoms with Crippen LogP contribution in [0.15, 0.2) is 0 Å². The summed E-state index contributed by atoms with van der Waals surface area (Å²) in [6.07, 6.45) is 4.01. The molecule has 1 fully saturated rings. The van der Waals surface area contributed by atoms with Crippen molar-refractivity contribution in [2.75, 3.05) is 40.8 Å². The molecule has 1 unspecified atom stereocenters. The van der Waals surface area contributed by atoms with Crippen molar-refractivity contribution in [2.24, 2.45) is 0 Å². The van der Waals surface area contributed by atoms with E-state index in [0.29, 0.717) is 12.5 Å². The van der Waals surface area contributed by atoms with E-state index in [9.17, 15) is 9.90 Å². The van der Waals surface area contributed by atoms with Crippen LogP contribution in [-0.4, -0.2) is 73.2 Å². The smallest absolute Gasteiger partial charge is 0.323 e. The van der Waals surface area contributed by atoms with Gasteiger partial charge < -0.3 is 20.2 Å². The largest absolute Gasteiger partial charge is 0.480 e. The fourth-order valence-electron chi connectivity index (χ4n) is 2.64. The van der Waals surface area contributed by atoms with Crippen molar-refractivity contribution in [3.8, 4) is 0 Å². The molecule has 0 aliphatic carbocycles. The minimum atomic E-state index is -0.798. The van der Waals surface area contributed by atoms with E-state index in [1.807, 2.05) is 0 Å². The number of carbonyl (C=O) groups is 1. The summed E-state index contributed by atoms with van der Waals surface area (Å²) in [5, 5.41) is 12.1. The van der Waals surface area contributed by atoms with Crippen molar-refractivity contribution >= 4 is 5.97 Å².